The summed E-state index contributed by atoms with van der Waals surface area (Å²) < 4.78 is 11.0. The van der Waals surface area contributed by atoms with Crippen LogP contribution in [0, 0.1) is 16.0 Å². The number of hydrogen-bond acceptors (Lipinski definition) is 6. The van der Waals surface area contributed by atoms with Crippen molar-refractivity contribution in [3.05, 3.63) is 33.4 Å². The highest BCUT2D eigenvalue weighted by Crippen LogP contribution is 2.34. The molecule has 1 fully saturated rings. The first-order valence-corrected chi connectivity index (χ1v) is 9.98. The Bertz CT molecular complexity index is 644. The average molecular weight is 377 g/mol. The lowest BCUT2D eigenvalue weighted by molar-refractivity contribution is -0.385. The summed E-state index contributed by atoms with van der Waals surface area (Å²) in [6, 6.07) is 3.23. The van der Waals surface area contributed by atoms with E-state index >= 15 is 0 Å². The molecule has 3 rings (SSSR count). The molecule has 0 spiro atoms. The molecule has 2 aliphatic heterocycles. The molecule has 2 heterocycles. The molecule has 0 radical (unpaired) electrons. The number of nitrogens with zero attached hydrogens (tertiary/aromatic N) is 3. The highest BCUT2D eigenvalue weighted by molar-refractivity contribution is 5.50. The minimum Gasteiger partial charge on any atom is -0.467 e. The number of likely N-dealkylation sites (tertiary alicyclic amines) is 1. The number of unbranched alkanes of at least 4 members (excludes halogenated alkanes) is 1. The van der Waals surface area contributed by atoms with E-state index in [9.17, 15) is 10.1 Å². The molecule has 150 valence electrons. The summed E-state index contributed by atoms with van der Waals surface area (Å²) in [5.41, 5.74) is 1.80. The summed E-state index contributed by atoms with van der Waals surface area (Å²) >= 11 is 0. The molecule has 0 aromatic heterocycles. The van der Waals surface area contributed by atoms with E-state index in [1.807, 2.05) is 0 Å². The SMILES string of the molecule is CCCCN(C)CC1CCN(Cc2cc([N+](=O)[O-])cc3c2OCOC3)CC1. The quantitative estimate of drug-likeness (QED) is 0.511. The number of hydrogen-bond donors (Lipinski definition) is 0. The zero-order valence-electron chi connectivity index (χ0n) is 16.5. The molecule has 0 unspecified atom stereocenters. The van der Waals surface area contributed by atoms with Crippen LogP contribution in [0.3, 0.4) is 0 Å². The third kappa shape index (κ3) is 5.40. The molecular weight excluding hydrogens is 346 g/mol. The zero-order valence-corrected chi connectivity index (χ0v) is 16.5. The van der Waals surface area contributed by atoms with Gasteiger partial charge in [-0.2, -0.15) is 0 Å². The molecule has 1 saturated heterocycles. The fraction of sp³-hybridized carbons (Fsp3) is 0.700. The summed E-state index contributed by atoms with van der Waals surface area (Å²) in [6.07, 6.45) is 4.86. The number of non-ortho nitro benzene ring substituents is 1. The van der Waals surface area contributed by atoms with Crippen LogP contribution in [0.5, 0.6) is 5.75 Å². The molecule has 0 N–H and O–H groups in total. The van der Waals surface area contributed by atoms with E-state index in [0.29, 0.717) is 13.2 Å². The first-order valence-electron chi connectivity index (χ1n) is 9.98. The molecule has 0 amide bonds. The highest BCUT2D eigenvalue weighted by Gasteiger charge is 2.25. The maximum Gasteiger partial charge on any atom is 0.270 e. The van der Waals surface area contributed by atoms with Gasteiger partial charge in [-0.1, -0.05) is 13.3 Å². The fourth-order valence-corrected chi connectivity index (χ4v) is 4.03. The van der Waals surface area contributed by atoms with Gasteiger partial charge in [0.1, 0.15) is 5.75 Å². The van der Waals surface area contributed by atoms with Gasteiger partial charge in [-0.3, -0.25) is 15.0 Å². The zero-order chi connectivity index (χ0) is 19.2. The van der Waals surface area contributed by atoms with E-state index in [1.54, 1.807) is 12.1 Å². The molecule has 1 aromatic rings. The maximum atomic E-state index is 11.3. The van der Waals surface area contributed by atoms with Crippen LogP contribution in [0.1, 0.15) is 43.7 Å². The maximum absolute atomic E-state index is 11.3. The Balaban J connectivity index is 1.59. The van der Waals surface area contributed by atoms with Crippen molar-refractivity contribution in [1.29, 1.82) is 0 Å². The number of nitro benzene ring substituents is 1. The molecule has 2 aliphatic rings. The van der Waals surface area contributed by atoms with Gasteiger partial charge in [0.25, 0.3) is 5.69 Å². The summed E-state index contributed by atoms with van der Waals surface area (Å²) in [5, 5.41) is 11.3. The Morgan fingerprint density at radius 2 is 2.11 bits per heavy atom. The third-order valence-corrected chi connectivity index (χ3v) is 5.55. The van der Waals surface area contributed by atoms with Gasteiger partial charge >= 0.3 is 0 Å². The van der Waals surface area contributed by atoms with Gasteiger partial charge in [0.05, 0.1) is 11.5 Å². The van der Waals surface area contributed by atoms with E-state index in [0.717, 1.165) is 35.9 Å². The van der Waals surface area contributed by atoms with Crippen LogP contribution < -0.4 is 4.74 Å². The predicted molar refractivity (Wildman–Crippen MR) is 104 cm³/mol. The van der Waals surface area contributed by atoms with Crippen LogP contribution in [0.2, 0.25) is 0 Å². The lowest BCUT2D eigenvalue weighted by atomic mass is 9.95. The summed E-state index contributed by atoms with van der Waals surface area (Å²) in [7, 11) is 2.22. The van der Waals surface area contributed by atoms with Gasteiger partial charge in [0.2, 0.25) is 0 Å². The van der Waals surface area contributed by atoms with Crippen LogP contribution in [0.25, 0.3) is 0 Å². The Kier molecular flexibility index (Phi) is 7.04. The van der Waals surface area contributed by atoms with Gasteiger partial charge in [-0.05, 0) is 51.9 Å². The largest absolute Gasteiger partial charge is 0.467 e. The normalized spacial score (nSPS) is 18.3. The smallest absolute Gasteiger partial charge is 0.270 e. The van der Waals surface area contributed by atoms with Gasteiger partial charge in [-0.25, -0.2) is 0 Å². The number of nitro groups is 1. The Morgan fingerprint density at radius 1 is 1.33 bits per heavy atom. The van der Waals surface area contributed by atoms with Crippen molar-refractivity contribution in [2.24, 2.45) is 5.92 Å². The lowest BCUT2D eigenvalue weighted by Crippen LogP contribution is -2.37. The number of rotatable bonds is 8. The van der Waals surface area contributed by atoms with Gasteiger partial charge in [0, 0.05) is 36.3 Å². The third-order valence-electron chi connectivity index (χ3n) is 5.55. The van der Waals surface area contributed by atoms with Gasteiger partial charge in [-0.15, -0.1) is 0 Å². The van der Waals surface area contributed by atoms with Crippen LogP contribution in [0.15, 0.2) is 12.1 Å². The van der Waals surface area contributed by atoms with Gasteiger partial charge in [0.15, 0.2) is 6.79 Å². The standard InChI is InChI=1S/C20H31N3O4/c1-3-4-7-21(2)12-16-5-8-22(9-6-16)13-17-10-19(23(24)25)11-18-14-26-15-27-20(17)18/h10-11,16H,3-9,12-15H2,1-2H3. The molecule has 0 saturated carbocycles. The Labute approximate surface area is 161 Å². The molecule has 7 heteroatoms. The van der Waals surface area contributed by atoms with E-state index in [-0.39, 0.29) is 17.4 Å². The average Bonchev–Trinajstić information content (AvgIpc) is 2.67. The van der Waals surface area contributed by atoms with E-state index in [4.69, 9.17) is 9.47 Å². The van der Waals surface area contributed by atoms with E-state index in [2.05, 4.69) is 23.8 Å². The fourth-order valence-electron chi connectivity index (χ4n) is 4.03. The lowest BCUT2D eigenvalue weighted by Gasteiger charge is -2.34. The summed E-state index contributed by atoms with van der Waals surface area (Å²) in [4.78, 5) is 15.8. The summed E-state index contributed by atoms with van der Waals surface area (Å²) in [5.74, 6) is 1.51. The van der Waals surface area contributed by atoms with Crippen molar-refractivity contribution >= 4 is 5.69 Å². The van der Waals surface area contributed by atoms with E-state index in [1.165, 1.54) is 38.8 Å². The molecule has 7 nitrogen and oxygen atoms in total. The summed E-state index contributed by atoms with van der Waals surface area (Å²) in [6.45, 7) is 7.91. The van der Waals surface area contributed by atoms with Crippen LogP contribution >= 0.6 is 0 Å². The van der Waals surface area contributed by atoms with E-state index < -0.39 is 0 Å². The minimum absolute atomic E-state index is 0.116. The van der Waals surface area contributed by atoms with Crippen molar-refractivity contribution in [2.45, 2.75) is 45.8 Å². The van der Waals surface area contributed by atoms with Crippen LogP contribution in [-0.2, 0) is 17.9 Å². The van der Waals surface area contributed by atoms with Crippen molar-refractivity contribution in [3.8, 4) is 5.75 Å². The van der Waals surface area contributed by atoms with Gasteiger partial charge < -0.3 is 14.4 Å². The first-order chi connectivity index (χ1) is 13.1. The van der Waals surface area contributed by atoms with Crippen LogP contribution in [-0.4, -0.2) is 54.7 Å². The second-order valence-electron chi connectivity index (χ2n) is 7.80. The minimum atomic E-state index is -0.337. The van der Waals surface area contributed by atoms with Crippen LogP contribution in [0.4, 0.5) is 5.69 Å². The predicted octanol–water partition coefficient (Wildman–Crippen LogP) is 3.41. The number of piperidine rings is 1. The molecule has 27 heavy (non-hydrogen) atoms. The monoisotopic (exact) mass is 377 g/mol. The Hall–Kier alpha value is -1.70. The Morgan fingerprint density at radius 3 is 2.81 bits per heavy atom. The topological polar surface area (TPSA) is 68.1 Å². The number of fused-ring (bicyclic) bond motifs is 1. The number of benzene rings is 1. The van der Waals surface area contributed by atoms with Crippen molar-refractivity contribution < 1.29 is 14.4 Å². The molecule has 1 aromatic carbocycles. The van der Waals surface area contributed by atoms with Crippen molar-refractivity contribution in [1.82, 2.24) is 9.80 Å². The first kappa shape index (κ1) is 20.0. The molecule has 0 bridgehead atoms. The number of ether oxygens (including phenoxy) is 2. The molecule has 0 aliphatic carbocycles. The van der Waals surface area contributed by atoms with Crippen molar-refractivity contribution in [2.75, 3.05) is 40.0 Å². The second-order valence-corrected chi connectivity index (χ2v) is 7.80. The second kappa shape index (κ2) is 9.48. The molecule has 0 atom stereocenters. The van der Waals surface area contributed by atoms with Crippen molar-refractivity contribution in [3.63, 3.8) is 0 Å². The highest BCUT2D eigenvalue weighted by atomic mass is 16.7. The molecular formula is C20H31N3O4.